The van der Waals surface area contributed by atoms with Crippen LogP contribution in [-0.2, 0) is 0 Å². The SMILES string of the molecule is c1ccc(-n2c3ccc(-c4cccc(-c5ccc6c(c5)-c5cccc7cccc(c57)O6)c4)cc3c3ccc4ccccc4c32)cc1. The van der Waals surface area contributed by atoms with E-state index in [0.717, 1.165) is 17.1 Å². The molecule has 1 aromatic heterocycles. The Morgan fingerprint density at radius 2 is 1.11 bits per heavy atom. The van der Waals surface area contributed by atoms with Crippen LogP contribution in [0.15, 0.2) is 164 Å². The van der Waals surface area contributed by atoms with E-state index in [1.54, 1.807) is 0 Å². The zero-order valence-electron chi connectivity index (χ0n) is 24.9. The van der Waals surface area contributed by atoms with Crippen LogP contribution < -0.4 is 4.74 Å². The maximum absolute atomic E-state index is 6.37. The molecule has 214 valence electrons. The Kier molecular flexibility index (Phi) is 5.31. The molecule has 0 N–H and O–H groups in total. The molecular weight excluding hydrogens is 558 g/mol. The number of aromatic nitrogens is 1. The summed E-state index contributed by atoms with van der Waals surface area (Å²) >= 11 is 0. The van der Waals surface area contributed by atoms with Crippen molar-refractivity contribution in [1.29, 1.82) is 0 Å². The number of hydrogen-bond donors (Lipinski definition) is 0. The molecule has 10 rings (SSSR count). The maximum Gasteiger partial charge on any atom is 0.135 e. The molecule has 0 radical (unpaired) electrons. The first-order valence-corrected chi connectivity index (χ1v) is 15.8. The third kappa shape index (κ3) is 3.71. The Morgan fingerprint density at radius 1 is 0.391 bits per heavy atom. The van der Waals surface area contributed by atoms with Gasteiger partial charge in [0.15, 0.2) is 0 Å². The van der Waals surface area contributed by atoms with Crippen molar-refractivity contribution in [3.05, 3.63) is 164 Å². The Morgan fingerprint density at radius 3 is 2.00 bits per heavy atom. The second-order valence-electron chi connectivity index (χ2n) is 12.1. The van der Waals surface area contributed by atoms with Crippen molar-refractivity contribution in [2.45, 2.75) is 0 Å². The molecular formula is C44H27NO. The molecule has 0 spiro atoms. The van der Waals surface area contributed by atoms with Gasteiger partial charge in [0.2, 0.25) is 0 Å². The molecule has 0 amide bonds. The minimum absolute atomic E-state index is 0.902. The van der Waals surface area contributed by atoms with Crippen LogP contribution in [-0.4, -0.2) is 4.57 Å². The van der Waals surface area contributed by atoms with Crippen LogP contribution >= 0.6 is 0 Å². The van der Waals surface area contributed by atoms with Crippen LogP contribution in [0.1, 0.15) is 0 Å². The number of fused-ring (bicyclic) bond motifs is 7. The Bertz CT molecular complexity index is 2660. The fourth-order valence-corrected chi connectivity index (χ4v) is 7.43. The quantitative estimate of drug-likeness (QED) is 0.201. The largest absolute Gasteiger partial charge is 0.456 e. The molecule has 0 atom stereocenters. The summed E-state index contributed by atoms with van der Waals surface area (Å²) in [5.41, 5.74) is 10.7. The summed E-state index contributed by atoms with van der Waals surface area (Å²) in [6.07, 6.45) is 0. The van der Waals surface area contributed by atoms with Crippen LogP contribution in [0.2, 0.25) is 0 Å². The first kappa shape index (κ1) is 25.2. The van der Waals surface area contributed by atoms with Gasteiger partial charge in [-0.15, -0.1) is 0 Å². The predicted octanol–water partition coefficient (Wildman–Crippen LogP) is 12.2. The number of ether oxygens (including phenoxy) is 1. The third-order valence-corrected chi connectivity index (χ3v) is 9.55. The van der Waals surface area contributed by atoms with Gasteiger partial charge in [0.25, 0.3) is 0 Å². The van der Waals surface area contributed by atoms with Gasteiger partial charge in [0.1, 0.15) is 11.5 Å². The summed E-state index contributed by atoms with van der Waals surface area (Å²) in [6, 6.07) is 59.1. The standard InChI is InChI=1S/C44H27NO/c1-2-14-34(15-3-1)45-40-23-20-32(26-38(40)37-22-19-28-9-4-5-16-35(28)44(37)45)30-12-6-13-31(25-30)33-21-24-41-39(27-33)36-17-7-10-29-11-8-18-42(46-41)43(29)36/h1-27H. The summed E-state index contributed by atoms with van der Waals surface area (Å²) in [7, 11) is 0. The number of benzene rings is 8. The fraction of sp³-hybridized carbons (Fsp3) is 0. The molecule has 2 nitrogen and oxygen atoms in total. The van der Waals surface area contributed by atoms with Crippen molar-refractivity contribution in [2.24, 2.45) is 0 Å². The Hall–Kier alpha value is -6.12. The average Bonchev–Trinajstić information content (AvgIpc) is 3.46. The van der Waals surface area contributed by atoms with E-state index in [0.29, 0.717) is 0 Å². The van der Waals surface area contributed by atoms with Gasteiger partial charge in [-0.3, -0.25) is 0 Å². The van der Waals surface area contributed by atoms with Crippen LogP contribution in [0.5, 0.6) is 11.5 Å². The van der Waals surface area contributed by atoms with E-state index in [2.05, 4.69) is 168 Å². The minimum atomic E-state index is 0.902. The zero-order valence-corrected chi connectivity index (χ0v) is 24.9. The van der Waals surface area contributed by atoms with Gasteiger partial charge >= 0.3 is 0 Å². The van der Waals surface area contributed by atoms with Crippen LogP contribution in [0.4, 0.5) is 0 Å². The average molecular weight is 586 g/mol. The lowest BCUT2D eigenvalue weighted by Crippen LogP contribution is -1.97. The number of nitrogens with zero attached hydrogens (tertiary/aromatic N) is 1. The predicted molar refractivity (Wildman–Crippen MR) is 192 cm³/mol. The van der Waals surface area contributed by atoms with Crippen molar-refractivity contribution in [3.8, 4) is 50.6 Å². The lowest BCUT2D eigenvalue weighted by atomic mass is 9.91. The van der Waals surface area contributed by atoms with Crippen molar-refractivity contribution in [1.82, 2.24) is 4.57 Å². The number of para-hydroxylation sites is 1. The topological polar surface area (TPSA) is 14.2 Å². The first-order chi connectivity index (χ1) is 22.8. The Labute approximate surface area is 266 Å². The van der Waals surface area contributed by atoms with Gasteiger partial charge in [-0.05, 0) is 87.1 Å². The van der Waals surface area contributed by atoms with Crippen molar-refractivity contribution in [3.63, 3.8) is 0 Å². The van der Waals surface area contributed by atoms with Crippen molar-refractivity contribution >= 4 is 43.4 Å². The van der Waals surface area contributed by atoms with E-state index in [1.165, 1.54) is 76.9 Å². The number of hydrogen-bond acceptors (Lipinski definition) is 1. The smallest absolute Gasteiger partial charge is 0.135 e. The zero-order chi connectivity index (χ0) is 30.2. The molecule has 1 aliphatic heterocycles. The van der Waals surface area contributed by atoms with Crippen LogP contribution in [0, 0.1) is 0 Å². The highest BCUT2D eigenvalue weighted by Crippen LogP contribution is 2.47. The summed E-state index contributed by atoms with van der Waals surface area (Å²) in [5.74, 6) is 1.83. The van der Waals surface area contributed by atoms with E-state index in [9.17, 15) is 0 Å². The molecule has 2 heterocycles. The fourth-order valence-electron chi connectivity index (χ4n) is 7.43. The van der Waals surface area contributed by atoms with Crippen LogP contribution in [0.3, 0.4) is 0 Å². The molecule has 0 fully saturated rings. The van der Waals surface area contributed by atoms with E-state index in [-0.39, 0.29) is 0 Å². The van der Waals surface area contributed by atoms with Gasteiger partial charge < -0.3 is 9.30 Å². The molecule has 46 heavy (non-hydrogen) atoms. The lowest BCUT2D eigenvalue weighted by Gasteiger charge is -2.22. The molecule has 0 bridgehead atoms. The summed E-state index contributed by atoms with van der Waals surface area (Å²) in [6.45, 7) is 0. The van der Waals surface area contributed by atoms with E-state index >= 15 is 0 Å². The number of rotatable bonds is 3. The summed E-state index contributed by atoms with van der Waals surface area (Å²) < 4.78 is 8.79. The Balaban J connectivity index is 1.13. The van der Waals surface area contributed by atoms with Gasteiger partial charge in [-0.2, -0.15) is 0 Å². The van der Waals surface area contributed by atoms with Crippen molar-refractivity contribution in [2.75, 3.05) is 0 Å². The van der Waals surface area contributed by atoms with E-state index in [4.69, 9.17) is 4.74 Å². The lowest BCUT2D eigenvalue weighted by molar-refractivity contribution is 0.487. The molecule has 0 aliphatic carbocycles. The summed E-state index contributed by atoms with van der Waals surface area (Å²) in [4.78, 5) is 0. The van der Waals surface area contributed by atoms with Gasteiger partial charge in [-0.1, -0.05) is 115 Å². The first-order valence-electron chi connectivity index (χ1n) is 15.8. The summed E-state index contributed by atoms with van der Waals surface area (Å²) in [5, 5.41) is 7.41. The highest BCUT2D eigenvalue weighted by Gasteiger charge is 2.21. The molecule has 0 saturated heterocycles. The molecule has 2 heteroatoms. The molecule has 0 unspecified atom stereocenters. The maximum atomic E-state index is 6.37. The van der Waals surface area contributed by atoms with E-state index in [1.807, 2.05) is 0 Å². The minimum Gasteiger partial charge on any atom is -0.456 e. The monoisotopic (exact) mass is 585 g/mol. The van der Waals surface area contributed by atoms with E-state index < -0.39 is 0 Å². The third-order valence-electron chi connectivity index (χ3n) is 9.55. The second-order valence-corrected chi connectivity index (χ2v) is 12.1. The van der Waals surface area contributed by atoms with Crippen molar-refractivity contribution < 1.29 is 4.74 Å². The van der Waals surface area contributed by atoms with Crippen LogP contribution in [0.25, 0.3) is 82.4 Å². The second kappa shape index (κ2) is 9.69. The van der Waals surface area contributed by atoms with Gasteiger partial charge in [0, 0.05) is 32.8 Å². The normalized spacial score (nSPS) is 12.1. The highest BCUT2D eigenvalue weighted by atomic mass is 16.5. The molecule has 0 saturated carbocycles. The van der Waals surface area contributed by atoms with Gasteiger partial charge in [0.05, 0.1) is 11.0 Å². The molecule has 8 aromatic carbocycles. The molecule has 9 aromatic rings. The highest BCUT2D eigenvalue weighted by molar-refractivity contribution is 6.19. The van der Waals surface area contributed by atoms with Gasteiger partial charge in [-0.25, -0.2) is 0 Å². The molecule has 1 aliphatic rings.